The van der Waals surface area contributed by atoms with Gasteiger partial charge in [0.05, 0.1) is 0 Å². The molecule has 0 aromatic rings. The Hall–Kier alpha value is -0.250. The van der Waals surface area contributed by atoms with E-state index in [2.05, 4.69) is 0 Å². The fourth-order valence-corrected chi connectivity index (χ4v) is 1.58. The van der Waals surface area contributed by atoms with Gasteiger partial charge in [-0.1, -0.05) is 12.8 Å². The first-order valence-electron chi connectivity index (χ1n) is 3.84. The molecule has 1 saturated carbocycles. The van der Waals surface area contributed by atoms with Crippen molar-refractivity contribution in [3.8, 4) is 0 Å². The van der Waals surface area contributed by atoms with Crippen molar-refractivity contribution in [3.05, 3.63) is 0 Å². The van der Waals surface area contributed by atoms with E-state index >= 15 is 0 Å². The van der Waals surface area contributed by atoms with Gasteiger partial charge in [0, 0.05) is 0 Å². The van der Waals surface area contributed by atoms with Gasteiger partial charge in [-0.15, -0.1) is 0 Å². The number of rotatable bonds is 1. The van der Waals surface area contributed by atoms with Crippen molar-refractivity contribution in [1.82, 2.24) is 0 Å². The molecular formula is C7H12F3N. The van der Waals surface area contributed by atoms with Crippen LogP contribution in [0.1, 0.15) is 25.7 Å². The highest BCUT2D eigenvalue weighted by Gasteiger charge is 2.42. The Morgan fingerprint density at radius 3 is 2.00 bits per heavy atom. The maximum atomic E-state index is 12.0. The van der Waals surface area contributed by atoms with Gasteiger partial charge >= 0.3 is 6.18 Å². The minimum atomic E-state index is -4.20. The van der Waals surface area contributed by atoms with Gasteiger partial charge < -0.3 is 5.73 Å². The first kappa shape index (κ1) is 8.84. The summed E-state index contributed by atoms with van der Waals surface area (Å²) < 4.78 is 35.9. The van der Waals surface area contributed by atoms with Crippen LogP contribution >= 0.6 is 0 Å². The van der Waals surface area contributed by atoms with E-state index in [1.54, 1.807) is 0 Å². The summed E-state index contributed by atoms with van der Waals surface area (Å²) in [7, 11) is 0. The number of nitrogens with two attached hydrogens (primary N) is 1. The van der Waals surface area contributed by atoms with Crippen molar-refractivity contribution < 1.29 is 13.2 Å². The molecular weight excluding hydrogens is 155 g/mol. The molecule has 1 unspecified atom stereocenters. The van der Waals surface area contributed by atoms with E-state index < -0.39 is 12.2 Å². The molecule has 11 heavy (non-hydrogen) atoms. The van der Waals surface area contributed by atoms with Gasteiger partial charge in [-0.2, -0.15) is 13.2 Å². The summed E-state index contributed by atoms with van der Waals surface area (Å²) in [6, 6.07) is -1.59. The summed E-state index contributed by atoms with van der Waals surface area (Å²) in [6.45, 7) is 0. The topological polar surface area (TPSA) is 26.0 Å². The monoisotopic (exact) mass is 167 g/mol. The Labute approximate surface area is 63.8 Å². The lowest BCUT2D eigenvalue weighted by Crippen LogP contribution is -2.42. The van der Waals surface area contributed by atoms with E-state index in [1.807, 2.05) is 0 Å². The highest BCUT2D eigenvalue weighted by molar-refractivity contribution is 4.82. The predicted molar refractivity (Wildman–Crippen MR) is 36.0 cm³/mol. The van der Waals surface area contributed by atoms with Crippen LogP contribution in [0.5, 0.6) is 0 Å². The van der Waals surface area contributed by atoms with Gasteiger partial charge in [-0.3, -0.25) is 0 Å². The van der Waals surface area contributed by atoms with E-state index in [-0.39, 0.29) is 5.92 Å². The SMILES string of the molecule is NC(C1CCCC1)C(F)(F)F. The van der Waals surface area contributed by atoms with Crippen molar-refractivity contribution in [2.45, 2.75) is 37.9 Å². The smallest absolute Gasteiger partial charge is 0.320 e. The van der Waals surface area contributed by atoms with E-state index in [9.17, 15) is 13.2 Å². The minimum Gasteiger partial charge on any atom is -0.320 e. The maximum Gasteiger partial charge on any atom is 0.403 e. The number of hydrogen-bond acceptors (Lipinski definition) is 1. The lowest BCUT2D eigenvalue weighted by molar-refractivity contribution is -0.158. The molecule has 1 aliphatic carbocycles. The molecule has 2 N–H and O–H groups in total. The summed E-state index contributed by atoms with van der Waals surface area (Å²) in [5.41, 5.74) is 5.03. The van der Waals surface area contributed by atoms with Crippen molar-refractivity contribution >= 4 is 0 Å². The van der Waals surface area contributed by atoms with Crippen LogP contribution < -0.4 is 5.73 Å². The van der Waals surface area contributed by atoms with Crippen LogP contribution in [-0.2, 0) is 0 Å². The van der Waals surface area contributed by atoms with Gasteiger partial charge in [-0.25, -0.2) is 0 Å². The fourth-order valence-electron chi connectivity index (χ4n) is 1.58. The van der Waals surface area contributed by atoms with Crippen LogP contribution in [0, 0.1) is 5.92 Å². The average molecular weight is 167 g/mol. The molecule has 0 spiro atoms. The number of halogens is 3. The summed E-state index contributed by atoms with van der Waals surface area (Å²) in [5.74, 6) is -0.324. The maximum absolute atomic E-state index is 12.0. The highest BCUT2D eigenvalue weighted by Crippen LogP contribution is 2.34. The molecule has 0 aliphatic heterocycles. The van der Waals surface area contributed by atoms with Gasteiger partial charge in [0.2, 0.25) is 0 Å². The molecule has 0 saturated heterocycles. The zero-order valence-corrected chi connectivity index (χ0v) is 6.19. The first-order chi connectivity index (χ1) is 5.02. The minimum absolute atomic E-state index is 0.324. The van der Waals surface area contributed by atoms with Crippen LogP contribution in [-0.4, -0.2) is 12.2 Å². The summed E-state index contributed by atoms with van der Waals surface area (Å²) in [6.07, 6.45) is -1.13. The summed E-state index contributed by atoms with van der Waals surface area (Å²) >= 11 is 0. The molecule has 1 nitrogen and oxygen atoms in total. The predicted octanol–water partition coefficient (Wildman–Crippen LogP) is 2.07. The lowest BCUT2D eigenvalue weighted by Gasteiger charge is -2.21. The largest absolute Gasteiger partial charge is 0.403 e. The third-order valence-corrected chi connectivity index (χ3v) is 2.29. The van der Waals surface area contributed by atoms with Crippen molar-refractivity contribution in [3.63, 3.8) is 0 Å². The Morgan fingerprint density at radius 1 is 1.18 bits per heavy atom. The van der Waals surface area contributed by atoms with E-state index in [4.69, 9.17) is 5.73 Å². The summed E-state index contributed by atoms with van der Waals surface area (Å²) in [4.78, 5) is 0. The third-order valence-electron chi connectivity index (χ3n) is 2.29. The molecule has 0 bridgehead atoms. The van der Waals surface area contributed by atoms with Crippen LogP contribution in [0.2, 0.25) is 0 Å². The van der Waals surface area contributed by atoms with Gasteiger partial charge in [0.15, 0.2) is 0 Å². The number of hydrogen-bond donors (Lipinski definition) is 1. The quantitative estimate of drug-likeness (QED) is 0.635. The van der Waals surface area contributed by atoms with Crippen LogP contribution in [0.3, 0.4) is 0 Å². The van der Waals surface area contributed by atoms with Crippen molar-refractivity contribution in [2.75, 3.05) is 0 Å². The Balaban J connectivity index is 2.46. The molecule has 1 aliphatic rings. The second-order valence-electron chi connectivity index (χ2n) is 3.11. The fraction of sp³-hybridized carbons (Fsp3) is 1.00. The number of alkyl halides is 3. The molecule has 66 valence electrons. The van der Waals surface area contributed by atoms with E-state index in [0.29, 0.717) is 12.8 Å². The molecule has 1 fully saturated rings. The van der Waals surface area contributed by atoms with Gasteiger partial charge in [-0.05, 0) is 18.8 Å². The zero-order valence-electron chi connectivity index (χ0n) is 6.19. The van der Waals surface area contributed by atoms with Gasteiger partial charge in [0.1, 0.15) is 6.04 Å². The second-order valence-corrected chi connectivity index (χ2v) is 3.11. The molecule has 4 heteroatoms. The highest BCUT2D eigenvalue weighted by atomic mass is 19.4. The second kappa shape index (κ2) is 3.01. The molecule has 0 heterocycles. The normalized spacial score (nSPS) is 24.0. The Bertz CT molecular complexity index is 126. The van der Waals surface area contributed by atoms with Crippen LogP contribution in [0.4, 0.5) is 13.2 Å². The molecule has 0 aromatic carbocycles. The van der Waals surface area contributed by atoms with Crippen LogP contribution in [0.15, 0.2) is 0 Å². The molecule has 0 radical (unpaired) electrons. The Kier molecular flexibility index (Phi) is 2.42. The zero-order chi connectivity index (χ0) is 8.48. The van der Waals surface area contributed by atoms with Crippen LogP contribution in [0.25, 0.3) is 0 Å². The average Bonchev–Trinajstić information content (AvgIpc) is 2.34. The van der Waals surface area contributed by atoms with Crippen molar-refractivity contribution in [1.29, 1.82) is 0 Å². The molecule has 0 aromatic heterocycles. The molecule has 0 amide bonds. The van der Waals surface area contributed by atoms with E-state index in [0.717, 1.165) is 12.8 Å². The third kappa shape index (κ3) is 2.09. The van der Waals surface area contributed by atoms with E-state index in [1.165, 1.54) is 0 Å². The van der Waals surface area contributed by atoms with Gasteiger partial charge in [0.25, 0.3) is 0 Å². The molecule has 1 atom stereocenters. The standard InChI is InChI=1S/C7H12F3N/c8-7(9,10)6(11)5-3-1-2-4-5/h5-6H,1-4,11H2. The first-order valence-corrected chi connectivity index (χ1v) is 3.84. The molecule has 1 rings (SSSR count). The lowest BCUT2D eigenvalue weighted by atomic mass is 9.99. The summed E-state index contributed by atoms with van der Waals surface area (Å²) in [5, 5.41) is 0. The Morgan fingerprint density at radius 2 is 1.64 bits per heavy atom. The van der Waals surface area contributed by atoms with Crippen molar-refractivity contribution in [2.24, 2.45) is 11.7 Å².